The minimum absolute atomic E-state index is 0. The molecule has 1 aromatic carbocycles. The van der Waals surface area contributed by atoms with Gasteiger partial charge in [-0.3, -0.25) is 9.47 Å². The average Bonchev–Trinajstić information content (AvgIpc) is 2.99. The lowest BCUT2D eigenvalue weighted by atomic mass is 9.79. The number of likely N-dealkylation sites (tertiary alicyclic amines) is 1. The van der Waals surface area contributed by atoms with E-state index in [2.05, 4.69) is 42.8 Å². The summed E-state index contributed by atoms with van der Waals surface area (Å²) in [4.78, 5) is 18.3. The summed E-state index contributed by atoms with van der Waals surface area (Å²) in [7, 11) is 0. The first-order chi connectivity index (χ1) is 13.0. The van der Waals surface area contributed by atoms with Crippen LogP contribution in [0.1, 0.15) is 64.0 Å². The number of piperidine rings is 1. The maximum absolute atomic E-state index is 12.6. The molecule has 156 valence electrons. The zero-order chi connectivity index (χ0) is 19.0. The van der Waals surface area contributed by atoms with E-state index in [1.165, 1.54) is 31.2 Å². The molecule has 0 unspecified atom stereocenters. The normalized spacial score (nSPS) is 27.0. The molecule has 0 bridgehead atoms. The Balaban J connectivity index is 0.00000225. The first-order valence-electron chi connectivity index (χ1n) is 10.6. The van der Waals surface area contributed by atoms with Crippen LogP contribution in [-0.2, 0) is 4.74 Å². The van der Waals surface area contributed by atoms with Crippen LogP contribution in [-0.4, -0.2) is 45.8 Å². The Labute approximate surface area is 173 Å². The number of H-pyrrole nitrogens is 1. The summed E-state index contributed by atoms with van der Waals surface area (Å²) >= 11 is 0. The molecule has 28 heavy (non-hydrogen) atoms. The van der Waals surface area contributed by atoms with Crippen LogP contribution < -0.4 is 5.69 Å². The molecule has 5 nitrogen and oxygen atoms in total. The maximum Gasteiger partial charge on any atom is 0.326 e. The molecule has 1 saturated heterocycles. The zero-order valence-corrected chi connectivity index (χ0v) is 18.2. The van der Waals surface area contributed by atoms with Crippen LogP contribution in [0.3, 0.4) is 0 Å². The SMILES string of the molecule is CCOC1CCC(C)(N2CCC(n3c(=O)[nH]c4ccc(C)cc43)CC2)CC1.Cl. The molecule has 1 aromatic heterocycles. The highest BCUT2D eigenvalue weighted by molar-refractivity contribution is 5.85. The topological polar surface area (TPSA) is 50.3 Å². The summed E-state index contributed by atoms with van der Waals surface area (Å²) in [5, 5.41) is 0. The Morgan fingerprint density at radius 1 is 1.18 bits per heavy atom. The standard InChI is InChI=1S/C22H33N3O2.ClH/c1-4-27-18-7-11-22(3,12-8-18)24-13-9-17(10-14-24)25-20-15-16(2)5-6-19(20)23-21(25)26;/h5-6,15,17-18H,4,7-14H2,1-3H3,(H,23,26);1H. The summed E-state index contributed by atoms with van der Waals surface area (Å²) in [6.45, 7) is 9.58. The molecule has 1 N–H and O–H groups in total. The molecule has 0 amide bonds. The average molecular weight is 408 g/mol. The van der Waals surface area contributed by atoms with E-state index in [0.29, 0.717) is 17.7 Å². The number of hydrogen-bond donors (Lipinski definition) is 1. The Kier molecular flexibility index (Phi) is 6.58. The van der Waals surface area contributed by atoms with Crippen molar-refractivity contribution in [1.82, 2.24) is 14.5 Å². The Morgan fingerprint density at radius 3 is 2.50 bits per heavy atom. The zero-order valence-electron chi connectivity index (χ0n) is 17.4. The molecule has 0 radical (unpaired) electrons. The molecule has 2 fully saturated rings. The van der Waals surface area contributed by atoms with E-state index < -0.39 is 0 Å². The highest BCUT2D eigenvalue weighted by Crippen LogP contribution is 2.38. The van der Waals surface area contributed by atoms with Crippen LogP contribution in [0.5, 0.6) is 0 Å². The van der Waals surface area contributed by atoms with Gasteiger partial charge in [0.2, 0.25) is 0 Å². The summed E-state index contributed by atoms with van der Waals surface area (Å²) in [6.07, 6.45) is 7.32. The number of aryl methyl sites for hydroxylation is 1. The molecule has 1 aliphatic heterocycles. The van der Waals surface area contributed by atoms with Crippen LogP contribution in [0.4, 0.5) is 0 Å². The number of ether oxygens (including phenoxy) is 1. The summed E-state index contributed by atoms with van der Waals surface area (Å²) in [5.74, 6) is 0. The fraction of sp³-hybridized carbons (Fsp3) is 0.682. The number of hydrogen-bond acceptors (Lipinski definition) is 3. The maximum atomic E-state index is 12.6. The van der Waals surface area contributed by atoms with Crippen LogP contribution in [0.25, 0.3) is 11.0 Å². The van der Waals surface area contributed by atoms with Gasteiger partial charge in [0.15, 0.2) is 0 Å². The van der Waals surface area contributed by atoms with Gasteiger partial charge < -0.3 is 9.72 Å². The Bertz CT molecular complexity index is 843. The number of halogens is 1. The smallest absolute Gasteiger partial charge is 0.326 e. The van der Waals surface area contributed by atoms with Crippen LogP contribution in [0, 0.1) is 6.92 Å². The van der Waals surface area contributed by atoms with E-state index in [-0.39, 0.29) is 18.1 Å². The van der Waals surface area contributed by atoms with Gasteiger partial charge in [0.05, 0.1) is 17.1 Å². The number of nitrogens with zero attached hydrogens (tertiary/aromatic N) is 2. The number of aromatic amines is 1. The Hall–Kier alpha value is -1.30. The van der Waals surface area contributed by atoms with E-state index in [4.69, 9.17) is 4.74 Å². The monoisotopic (exact) mass is 407 g/mol. The molecule has 2 aliphatic rings. The predicted octanol–water partition coefficient (Wildman–Crippen LogP) is 4.43. The quantitative estimate of drug-likeness (QED) is 0.815. The summed E-state index contributed by atoms with van der Waals surface area (Å²) in [6, 6.07) is 6.52. The van der Waals surface area contributed by atoms with Crippen molar-refractivity contribution in [2.24, 2.45) is 0 Å². The number of fused-ring (bicyclic) bond motifs is 1. The minimum atomic E-state index is 0. The summed E-state index contributed by atoms with van der Waals surface area (Å²) < 4.78 is 7.84. The van der Waals surface area contributed by atoms with Crippen LogP contribution >= 0.6 is 12.4 Å². The number of aromatic nitrogens is 2. The van der Waals surface area contributed by atoms with E-state index in [9.17, 15) is 4.79 Å². The van der Waals surface area contributed by atoms with Crippen molar-refractivity contribution in [2.45, 2.75) is 77.0 Å². The molecular formula is C22H34ClN3O2. The van der Waals surface area contributed by atoms with Crippen molar-refractivity contribution in [3.8, 4) is 0 Å². The van der Waals surface area contributed by atoms with Crippen molar-refractivity contribution in [3.05, 3.63) is 34.2 Å². The van der Waals surface area contributed by atoms with Gasteiger partial charge in [0.25, 0.3) is 0 Å². The van der Waals surface area contributed by atoms with Crippen LogP contribution in [0.15, 0.2) is 23.0 Å². The largest absolute Gasteiger partial charge is 0.379 e. The lowest BCUT2D eigenvalue weighted by Gasteiger charge is -2.48. The molecule has 0 spiro atoms. The van der Waals surface area contributed by atoms with Gasteiger partial charge in [0, 0.05) is 31.3 Å². The third kappa shape index (κ3) is 4.03. The van der Waals surface area contributed by atoms with Crippen LogP contribution in [0.2, 0.25) is 0 Å². The first-order valence-corrected chi connectivity index (χ1v) is 10.6. The van der Waals surface area contributed by atoms with Crippen molar-refractivity contribution >= 4 is 23.4 Å². The minimum Gasteiger partial charge on any atom is -0.379 e. The van der Waals surface area contributed by atoms with Gasteiger partial charge >= 0.3 is 5.69 Å². The predicted molar refractivity (Wildman–Crippen MR) is 117 cm³/mol. The first kappa shape index (κ1) is 21.4. The number of imidazole rings is 1. The second-order valence-electron chi connectivity index (χ2n) is 8.69. The third-order valence-corrected chi connectivity index (χ3v) is 6.88. The van der Waals surface area contributed by atoms with Gasteiger partial charge in [-0.15, -0.1) is 12.4 Å². The fourth-order valence-corrected chi connectivity index (χ4v) is 5.19. The Morgan fingerprint density at radius 2 is 1.86 bits per heavy atom. The fourth-order valence-electron chi connectivity index (χ4n) is 5.19. The van der Waals surface area contributed by atoms with E-state index >= 15 is 0 Å². The molecule has 6 heteroatoms. The van der Waals surface area contributed by atoms with Crippen molar-refractivity contribution in [1.29, 1.82) is 0 Å². The van der Waals surface area contributed by atoms with Crippen molar-refractivity contribution < 1.29 is 4.74 Å². The second kappa shape index (κ2) is 8.60. The van der Waals surface area contributed by atoms with E-state index in [1.54, 1.807) is 0 Å². The lowest BCUT2D eigenvalue weighted by molar-refractivity contribution is -0.0273. The molecular weight excluding hydrogens is 374 g/mol. The third-order valence-electron chi connectivity index (χ3n) is 6.88. The highest BCUT2D eigenvalue weighted by atomic mass is 35.5. The number of nitrogens with one attached hydrogen (secondary N) is 1. The second-order valence-corrected chi connectivity index (χ2v) is 8.69. The molecule has 1 saturated carbocycles. The molecule has 0 atom stereocenters. The van der Waals surface area contributed by atoms with Gasteiger partial charge in [-0.1, -0.05) is 6.07 Å². The molecule has 4 rings (SSSR count). The highest BCUT2D eigenvalue weighted by Gasteiger charge is 2.38. The number of benzene rings is 1. The van der Waals surface area contributed by atoms with Gasteiger partial charge in [-0.25, -0.2) is 4.79 Å². The molecule has 2 heterocycles. The van der Waals surface area contributed by atoms with E-state index in [1.807, 2.05) is 10.6 Å². The van der Waals surface area contributed by atoms with Gasteiger partial charge in [-0.05, 0) is 77.0 Å². The molecule has 1 aliphatic carbocycles. The van der Waals surface area contributed by atoms with Gasteiger partial charge in [0.1, 0.15) is 0 Å². The van der Waals surface area contributed by atoms with Gasteiger partial charge in [-0.2, -0.15) is 0 Å². The van der Waals surface area contributed by atoms with Crippen molar-refractivity contribution in [3.63, 3.8) is 0 Å². The summed E-state index contributed by atoms with van der Waals surface area (Å²) in [5.41, 5.74) is 3.54. The van der Waals surface area contributed by atoms with E-state index in [0.717, 1.165) is 43.6 Å². The van der Waals surface area contributed by atoms with Crippen molar-refractivity contribution in [2.75, 3.05) is 19.7 Å². The molecule has 2 aromatic rings. The number of rotatable bonds is 4. The lowest BCUT2D eigenvalue weighted by Crippen LogP contribution is -2.53.